The first kappa shape index (κ1) is 12.9. The van der Waals surface area contributed by atoms with Crippen LogP contribution < -0.4 is 0 Å². The van der Waals surface area contributed by atoms with Gasteiger partial charge in [-0.3, -0.25) is 4.79 Å². The molecule has 0 atom stereocenters. The van der Waals surface area contributed by atoms with Gasteiger partial charge in [-0.25, -0.2) is 9.37 Å². The Hall–Kier alpha value is -2.14. The van der Waals surface area contributed by atoms with Gasteiger partial charge in [0.1, 0.15) is 5.82 Å². The van der Waals surface area contributed by atoms with Crippen LogP contribution in [0.3, 0.4) is 0 Å². The molecule has 0 radical (unpaired) electrons. The summed E-state index contributed by atoms with van der Waals surface area (Å²) in [7, 11) is 0. The lowest BCUT2D eigenvalue weighted by molar-refractivity contribution is 0.102. The van der Waals surface area contributed by atoms with Crippen LogP contribution in [0.15, 0.2) is 53.7 Å². The Bertz CT molecular complexity index is 736. The van der Waals surface area contributed by atoms with Crippen molar-refractivity contribution in [3.8, 4) is 0 Å². The van der Waals surface area contributed by atoms with Gasteiger partial charge in [0.15, 0.2) is 10.9 Å². The number of para-hydroxylation sites is 2. The molecule has 0 saturated carbocycles. The molecule has 3 nitrogen and oxygen atoms in total. The second kappa shape index (κ2) is 5.46. The number of hydrogen-bond donors (Lipinski definition) is 1. The first-order chi connectivity index (χ1) is 9.72. The summed E-state index contributed by atoms with van der Waals surface area (Å²) in [5, 5.41) is 0.691. The van der Waals surface area contributed by atoms with Gasteiger partial charge in [0.2, 0.25) is 0 Å². The first-order valence-corrected chi connectivity index (χ1v) is 7.07. The SMILES string of the molecule is O=C(CSc1nc2ccccc2[nH]1)c1cccc(F)c1. The van der Waals surface area contributed by atoms with Crippen molar-refractivity contribution in [1.82, 2.24) is 9.97 Å². The zero-order valence-electron chi connectivity index (χ0n) is 10.5. The number of nitrogens with zero attached hydrogens (tertiary/aromatic N) is 1. The molecule has 100 valence electrons. The minimum Gasteiger partial charge on any atom is -0.333 e. The van der Waals surface area contributed by atoms with E-state index in [1.165, 1.54) is 30.0 Å². The number of hydrogen-bond acceptors (Lipinski definition) is 3. The number of imidazole rings is 1. The first-order valence-electron chi connectivity index (χ1n) is 6.09. The number of benzene rings is 2. The van der Waals surface area contributed by atoms with E-state index in [0.29, 0.717) is 10.7 Å². The molecule has 0 aliphatic carbocycles. The number of Topliss-reactive ketones (excluding diaryl/α,β-unsaturated/α-hetero) is 1. The summed E-state index contributed by atoms with van der Waals surface area (Å²) < 4.78 is 13.1. The summed E-state index contributed by atoms with van der Waals surface area (Å²) in [5.41, 5.74) is 2.19. The Kier molecular flexibility index (Phi) is 3.52. The molecule has 3 rings (SSSR count). The van der Waals surface area contributed by atoms with Crippen LogP contribution in [0.4, 0.5) is 4.39 Å². The molecule has 0 aliphatic heterocycles. The zero-order valence-corrected chi connectivity index (χ0v) is 11.3. The number of rotatable bonds is 4. The zero-order chi connectivity index (χ0) is 13.9. The average molecular weight is 286 g/mol. The summed E-state index contributed by atoms with van der Waals surface area (Å²) in [6.07, 6.45) is 0. The van der Waals surface area contributed by atoms with Gasteiger partial charge in [0.25, 0.3) is 0 Å². The largest absolute Gasteiger partial charge is 0.333 e. The Morgan fingerprint density at radius 2 is 2.05 bits per heavy atom. The van der Waals surface area contributed by atoms with Crippen LogP contribution in [0.2, 0.25) is 0 Å². The van der Waals surface area contributed by atoms with Crippen LogP contribution >= 0.6 is 11.8 Å². The number of aromatic nitrogens is 2. The number of fused-ring (bicyclic) bond motifs is 1. The van der Waals surface area contributed by atoms with E-state index in [9.17, 15) is 9.18 Å². The molecule has 3 aromatic rings. The number of H-pyrrole nitrogens is 1. The van der Waals surface area contributed by atoms with E-state index < -0.39 is 5.82 Å². The second-order valence-corrected chi connectivity index (χ2v) is 5.25. The highest BCUT2D eigenvalue weighted by Crippen LogP contribution is 2.20. The average Bonchev–Trinajstić information content (AvgIpc) is 2.87. The number of nitrogens with one attached hydrogen (secondary N) is 1. The maximum Gasteiger partial charge on any atom is 0.173 e. The number of carbonyl (C=O) groups excluding carboxylic acids is 1. The maximum absolute atomic E-state index is 13.1. The van der Waals surface area contributed by atoms with Gasteiger partial charge in [0, 0.05) is 5.56 Å². The number of thioether (sulfide) groups is 1. The fourth-order valence-electron chi connectivity index (χ4n) is 1.88. The molecule has 1 heterocycles. The van der Waals surface area contributed by atoms with Crippen molar-refractivity contribution in [2.75, 3.05) is 5.75 Å². The topological polar surface area (TPSA) is 45.8 Å². The molecule has 0 aliphatic rings. The van der Waals surface area contributed by atoms with Crippen molar-refractivity contribution in [2.45, 2.75) is 5.16 Å². The second-order valence-electron chi connectivity index (χ2n) is 4.28. The molecule has 2 aromatic carbocycles. The molecular formula is C15H11FN2OS. The highest BCUT2D eigenvalue weighted by Gasteiger charge is 2.09. The van der Waals surface area contributed by atoms with Gasteiger partial charge in [-0.2, -0.15) is 0 Å². The number of ketones is 1. The molecule has 5 heteroatoms. The molecular weight excluding hydrogens is 275 g/mol. The highest BCUT2D eigenvalue weighted by molar-refractivity contribution is 7.99. The summed E-state index contributed by atoms with van der Waals surface area (Å²) in [6, 6.07) is 13.4. The molecule has 0 saturated heterocycles. The van der Waals surface area contributed by atoms with Crippen molar-refractivity contribution >= 4 is 28.6 Å². The van der Waals surface area contributed by atoms with Crippen molar-refractivity contribution in [3.05, 3.63) is 59.9 Å². The lowest BCUT2D eigenvalue weighted by atomic mass is 10.1. The van der Waals surface area contributed by atoms with Crippen LogP contribution in [0.5, 0.6) is 0 Å². The third-order valence-electron chi connectivity index (χ3n) is 2.85. The Morgan fingerprint density at radius 3 is 2.85 bits per heavy atom. The fourth-order valence-corrected chi connectivity index (χ4v) is 2.66. The van der Waals surface area contributed by atoms with Crippen LogP contribution in [0.1, 0.15) is 10.4 Å². The quantitative estimate of drug-likeness (QED) is 0.588. The van der Waals surface area contributed by atoms with Crippen LogP contribution in [0.25, 0.3) is 11.0 Å². The standard InChI is InChI=1S/C15H11FN2OS/c16-11-5-3-4-10(8-11)14(19)9-20-15-17-12-6-1-2-7-13(12)18-15/h1-8H,9H2,(H,17,18). The van der Waals surface area contributed by atoms with E-state index in [-0.39, 0.29) is 11.5 Å². The van der Waals surface area contributed by atoms with Crippen molar-refractivity contribution in [1.29, 1.82) is 0 Å². The molecule has 0 amide bonds. The van der Waals surface area contributed by atoms with E-state index in [1.54, 1.807) is 6.07 Å². The van der Waals surface area contributed by atoms with Crippen LogP contribution in [-0.2, 0) is 0 Å². The smallest absolute Gasteiger partial charge is 0.173 e. The van der Waals surface area contributed by atoms with Crippen molar-refractivity contribution in [2.24, 2.45) is 0 Å². The minimum atomic E-state index is -0.399. The molecule has 20 heavy (non-hydrogen) atoms. The highest BCUT2D eigenvalue weighted by atomic mass is 32.2. The van der Waals surface area contributed by atoms with E-state index in [2.05, 4.69) is 9.97 Å². The summed E-state index contributed by atoms with van der Waals surface area (Å²) in [4.78, 5) is 19.5. The number of halogens is 1. The third-order valence-corrected chi connectivity index (χ3v) is 3.73. The van der Waals surface area contributed by atoms with E-state index in [4.69, 9.17) is 0 Å². The predicted molar refractivity (Wildman–Crippen MR) is 77.5 cm³/mol. The van der Waals surface area contributed by atoms with E-state index in [1.807, 2.05) is 24.3 Å². The van der Waals surface area contributed by atoms with Crippen LogP contribution in [-0.4, -0.2) is 21.5 Å². The van der Waals surface area contributed by atoms with Gasteiger partial charge in [0.05, 0.1) is 16.8 Å². The number of carbonyl (C=O) groups is 1. The lowest BCUT2D eigenvalue weighted by Crippen LogP contribution is -2.02. The fraction of sp³-hybridized carbons (Fsp3) is 0.0667. The third kappa shape index (κ3) is 2.72. The minimum absolute atomic E-state index is 0.116. The molecule has 0 bridgehead atoms. The molecule has 0 unspecified atom stereocenters. The van der Waals surface area contributed by atoms with Gasteiger partial charge in [-0.05, 0) is 24.3 Å². The van der Waals surface area contributed by atoms with Gasteiger partial charge < -0.3 is 4.98 Å². The van der Waals surface area contributed by atoms with Crippen molar-refractivity contribution in [3.63, 3.8) is 0 Å². The normalized spacial score (nSPS) is 10.8. The molecule has 1 N–H and O–H groups in total. The molecule has 0 spiro atoms. The van der Waals surface area contributed by atoms with Crippen LogP contribution in [0, 0.1) is 5.82 Å². The Morgan fingerprint density at radius 1 is 1.20 bits per heavy atom. The van der Waals surface area contributed by atoms with E-state index in [0.717, 1.165) is 11.0 Å². The summed E-state index contributed by atoms with van der Waals surface area (Å²) in [6.45, 7) is 0. The monoisotopic (exact) mass is 286 g/mol. The van der Waals surface area contributed by atoms with Gasteiger partial charge >= 0.3 is 0 Å². The number of aromatic amines is 1. The Labute approximate surface area is 119 Å². The maximum atomic E-state index is 13.1. The lowest BCUT2D eigenvalue weighted by Gasteiger charge is -1.99. The summed E-state index contributed by atoms with van der Waals surface area (Å²) >= 11 is 1.32. The summed E-state index contributed by atoms with van der Waals surface area (Å²) in [5.74, 6) is -0.289. The van der Waals surface area contributed by atoms with Gasteiger partial charge in [-0.15, -0.1) is 0 Å². The molecule has 1 aromatic heterocycles. The van der Waals surface area contributed by atoms with Gasteiger partial charge in [-0.1, -0.05) is 36.0 Å². The van der Waals surface area contributed by atoms with E-state index >= 15 is 0 Å². The predicted octanol–water partition coefficient (Wildman–Crippen LogP) is 3.68. The Balaban J connectivity index is 1.71. The molecule has 0 fully saturated rings. The van der Waals surface area contributed by atoms with Crippen molar-refractivity contribution < 1.29 is 9.18 Å².